The molecule has 0 bridgehead atoms. The zero-order valence-corrected chi connectivity index (χ0v) is 10.9. The van der Waals surface area contributed by atoms with Gasteiger partial charge in [0.1, 0.15) is 0 Å². The molecule has 0 fully saturated rings. The van der Waals surface area contributed by atoms with Gasteiger partial charge in [0.25, 0.3) is 0 Å². The van der Waals surface area contributed by atoms with Gasteiger partial charge in [0.05, 0.1) is 12.4 Å². The smallest absolute Gasteiger partial charge is 0.388 e. The third kappa shape index (κ3) is 5.00. The molecule has 6 nitrogen and oxygen atoms in total. The standard InChI is InChI=1S/C11H16F3N5O/c1-20-7-6-19(5-4-9(15)16)10-3-2-8(17-18-10)11(12,13)14/h2-3H,4-7H2,1H3,(H3,15,16). The van der Waals surface area contributed by atoms with Crippen molar-refractivity contribution in [1.82, 2.24) is 10.2 Å². The van der Waals surface area contributed by atoms with Crippen LogP contribution in [0.5, 0.6) is 0 Å². The first kappa shape index (κ1) is 16.2. The Morgan fingerprint density at radius 3 is 2.50 bits per heavy atom. The van der Waals surface area contributed by atoms with E-state index < -0.39 is 11.9 Å². The highest BCUT2D eigenvalue weighted by Gasteiger charge is 2.33. The van der Waals surface area contributed by atoms with Crippen LogP contribution in [0.2, 0.25) is 0 Å². The van der Waals surface area contributed by atoms with Gasteiger partial charge in [0.2, 0.25) is 0 Å². The number of anilines is 1. The average Bonchev–Trinajstić information content (AvgIpc) is 2.38. The topological polar surface area (TPSA) is 88.1 Å². The fourth-order valence-electron chi connectivity index (χ4n) is 1.44. The second kappa shape index (κ2) is 7.04. The Hall–Kier alpha value is -1.90. The number of aromatic nitrogens is 2. The first-order valence-corrected chi connectivity index (χ1v) is 5.82. The first-order chi connectivity index (χ1) is 9.34. The number of hydrogen-bond donors (Lipinski definition) is 2. The normalized spacial score (nSPS) is 11.4. The minimum atomic E-state index is -4.51. The maximum atomic E-state index is 12.4. The predicted octanol–water partition coefficient (Wildman–Crippen LogP) is 1.27. The Bertz CT molecular complexity index is 435. The lowest BCUT2D eigenvalue weighted by molar-refractivity contribution is -0.141. The maximum Gasteiger partial charge on any atom is 0.435 e. The Morgan fingerprint density at radius 2 is 2.05 bits per heavy atom. The minimum Gasteiger partial charge on any atom is -0.388 e. The highest BCUT2D eigenvalue weighted by atomic mass is 19.4. The quantitative estimate of drug-likeness (QED) is 0.583. The number of halogens is 3. The number of ether oxygens (including phenoxy) is 1. The Labute approximate surface area is 114 Å². The zero-order chi connectivity index (χ0) is 15.2. The third-order valence-electron chi connectivity index (χ3n) is 2.48. The van der Waals surface area contributed by atoms with Crippen molar-refractivity contribution < 1.29 is 17.9 Å². The lowest BCUT2D eigenvalue weighted by atomic mass is 10.3. The lowest BCUT2D eigenvalue weighted by Gasteiger charge is -2.22. The molecule has 0 atom stereocenters. The van der Waals surface area contributed by atoms with Crippen molar-refractivity contribution in [3.8, 4) is 0 Å². The highest BCUT2D eigenvalue weighted by molar-refractivity contribution is 5.77. The Balaban J connectivity index is 2.81. The van der Waals surface area contributed by atoms with Gasteiger partial charge < -0.3 is 15.4 Å². The van der Waals surface area contributed by atoms with Gasteiger partial charge in [0, 0.05) is 26.6 Å². The number of rotatable bonds is 7. The molecule has 1 heterocycles. The number of alkyl halides is 3. The summed E-state index contributed by atoms with van der Waals surface area (Å²) in [5.41, 5.74) is 4.23. The molecule has 0 aliphatic rings. The molecule has 0 radical (unpaired) electrons. The summed E-state index contributed by atoms with van der Waals surface area (Å²) in [7, 11) is 1.52. The van der Waals surface area contributed by atoms with Gasteiger partial charge in [-0.25, -0.2) is 0 Å². The van der Waals surface area contributed by atoms with E-state index in [1.165, 1.54) is 13.2 Å². The van der Waals surface area contributed by atoms with E-state index in [1.54, 1.807) is 4.90 Å². The molecule has 0 unspecified atom stereocenters. The van der Waals surface area contributed by atoms with Crippen LogP contribution in [0.3, 0.4) is 0 Å². The monoisotopic (exact) mass is 291 g/mol. The molecule has 20 heavy (non-hydrogen) atoms. The Kier molecular flexibility index (Phi) is 5.68. The predicted molar refractivity (Wildman–Crippen MR) is 67.7 cm³/mol. The van der Waals surface area contributed by atoms with Gasteiger partial charge in [-0.1, -0.05) is 0 Å². The summed E-state index contributed by atoms with van der Waals surface area (Å²) >= 11 is 0. The van der Waals surface area contributed by atoms with Crippen molar-refractivity contribution in [2.24, 2.45) is 5.73 Å². The second-order valence-corrected chi connectivity index (χ2v) is 4.03. The molecule has 0 aromatic carbocycles. The van der Waals surface area contributed by atoms with Gasteiger partial charge in [-0.15, -0.1) is 10.2 Å². The molecule has 0 aliphatic carbocycles. The maximum absolute atomic E-state index is 12.4. The van der Waals surface area contributed by atoms with E-state index in [1.807, 2.05) is 0 Å². The van der Waals surface area contributed by atoms with E-state index in [4.69, 9.17) is 15.9 Å². The number of nitrogens with two attached hydrogens (primary N) is 1. The molecule has 0 saturated heterocycles. The summed E-state index contributed by atoms with van der Waals surface area (Å²) in [6.07, 6.45) is -4.23. The highest BCUT2D eigenvalue weighted by Crippen LogP contribution is 2.27. The van der Waals surface area contributed by atoms with Crippen molar-refractivity contribution in [1.29, 1.82) is 5.41 Å². The number of nitrogens with zero attached hydrogens (tertiary/aromatic N) is 3. The summed E-state index contributed by atoms with van der Waals surface area (Å²) in [4.78, 5) is 1.66. The van der Waals surface area contributed by atoms with E-state index in [0.29, 0.717) is 19.7 Å². The molecule has 0 saturated carbocycles. The fourth-order valence-corrected chi connectivity index (χ4v) is 1.44. The molecule has 0 aliphatic heterocycles. The first-order valence-electron chi connectivity index (χ1n) is 5.82. The number of methoxy groups -OCH3 is 1. The second-order valence-electron chi connectivity index (χ2n) is 4.03. The molecular formula is C11H16F3N5O. The number of hydrogen-bond acceptors (Lipinski definition) is 5. The van der Waals surface area contributed by atoms with Crippen molar-refractivity contribution in [2.75, 3.05) is 31.7 Å². The van der Waals surface area contributed by atoms with Gasteiger partial charge in [-0.3, -0.25) is 5.41 Å². The summed E-state index contributed by atoms with van der Waals surface area (Å²) in [5.74, 6) is 0.281. The van der Waals surface area contributed by atoms with Crippen LogP contribution in [-0.4, -0.2) is 42.8 Å². The molecule has 0 spiro atoms. The minimum absolute atomic E-state index is 0.00714. The number of nitrogens with one attached hydrogen (secondary N) is 1. The van der Waals surface area contributed by atoms with Crippen LogP contribution >= 0.6 is 0 Å². The van der Waals surface area contributed by atoms with E-state index in [-0.39, 0.29) is 18.1 Å². The van der Waals surface area contributed by atoms with Crippen LogP contribution in [0.1, 0.15) is 12.1 Å². The van der Waals surface area contributed by atoms with Gasteiger partial charge in [-0.2, -0.15) is 13.2 Å². The van der Waals surface area contributed by atoms with Gasteiger partial charge in [-0.05, 0) is 12.1 Å². The van der Waals surface area contributed by atoms with Crippen LogP contribution in [-0.2, 0) is 10.9 Å². The van der Waals surface area contributed by atoms with Crippen molar-refractivity contribution in [3.05, 3.63) is 17.8 Å². The SMILES string of the molecule is COCCN(CCC(=N)N)c1ccc(C(F)(F)F)nn1. The Morgan fingerprint density at radius 1 is 1.35 bits per heavy atom. The van der Waals surface area contributed by atoms with Crippen LogP contribution in [0.15, 0.2) is 12.1 Å². The van der Waals surface area contributed by atoms with E-state index in [0.717, 1.165) is 6.07 Å². The van der Waals surface area contributed by atoms with E-state index >= 15 is 0 Å². The molecule has 3 N–H and O–H groups in total. The molecular weight excluding hydrogens is 275 g/mol. The average molecular weight is 291 g/mol. The lowest BCUT2D eigenvalue weighted by Crippen LogP contribution is -2.32. The molecule has 1 rings (SSSR count). The molecule has 0 amide bonds. The summed E-state index contributed by atoms with van der Waals surface area (Å²) < 4.78 is 42.1. The van der Waals surface area contributed by atoms with Crippen molar-refractivity contribution in [2.45, 2.75) is 12.6 Å². The van der Waals surface area contributed by atoms with Crippen molar-refractivity contribution in [3.63, 3.8) is 0 Å². The molecule has 112 valence electrons. The summed E-state index contributed by atoms with van der Waals surface area (Å²) in [6.45, 7) is 1.16. The molecule has 1 aromatic heterocycles. The third-order valence-corrected chi connectivity index (χ3v) is 2.48. The van der Waals surface area contributed by atoms with Crippen LogP contribution in [0.4, 0.5) is 19.0 Å². The molecule has 9 heteroatoms. The summed E-state index contributed by atoms with van der Waals surface area (Å²) in [5, 5.41) is 13.9. The van der Waals surface area contributed by atoms with E-state index in [9.17, 15) is 13.2 Å². The zero-order valence-electron chi connectivity index (χ0n) is 10.9. The van der Waals surface area contributed by atoms with E-state index in [2.05, 4.69) is 10.2 Å². The van der Waals surface area contributed by atoms with Crippen LogP contribution < -0.4 is 10.6 Å². The summed E-state index contributed by atoms with van der Waals surface area (Å²) in [6, 6.07) is 2.11. The van der Waals surface area contributed by atoms with Gasteiger partial charge >= 0.3 is 6.18 Å². The fraction of sp³-hybridized carbons (Fsp3) is 0.545. The van der Waals surface area contributed by atoms with Crippen LogP contribution in [0.25, 0.3) is 0 Å². The van der Waals surface area contributed by atoms with Crippen molar-refractivity contribution >= 4 is 11.7 Å². The van der Waals surface area contributed by atoms with Crippen LogP contribution in [0, 0.1) is 5.41 Å². The largest absolute Gasteiger partial charge is 0.435 e. The van der Waals surface area contributed by atoms with Gasteiger partial charge in [0.15, 0.2) is 11.5 Å². The number of amidine groups is 1. The molecule has 1 aromatic rings.